The van der Waals surface area contributed by atoms with Crippen molar-refractivity contribution in [3.8, 4) is 11.8 Å². The van der Waals surface area contributed by atoms with Crippen LogP contribution in [0.25, 0.3) is 10.2 Å². The van der Waals surface area contributed by atoms with E-state index >= 15 is 0 Å². The highest BCUT2D eigenvalue weighted by Gasteiger charge is 2.25. The van der Waals surface area contributed by atoms with Crippen LogP contribution in [0.2, 0.25) is 0 Å². The highest BCUT2D eigenvalue weighted by atomic mass is 32.1. The van der Waals surface area contributed by atoms with Gasteiger partial charge in [-0.3, -0.25) is 4.79 Å². The molecule has 2 aromatic heterocycles. The molecular formula is C20H22N4O3S. The van der Waals surface area contributed by atoms with E-state index in [1.54, 1.807) is 23.5 Å². The lowest BCUT2D eigenvalue weighted by Crippen LogP contribution is -2.47. The van der Waals surface area contributed by atoms with Crippen LogP contribution < -0.4 is 19.7 Å². The van der Waals surface area contributed by atoms with Crippen molar-refractivity contribution in [1.82, 2.24) is 15.3 Å². The van der Waals surface area contributed by atoms with Crippen molar-refractivity contribution in [2.75, 3.05) is 32.2 Å². The molecule has 1 aliphatic heterocycles. The Morgan fingerprint density at radius 3 is 2.82 bits per heavy atom. The van der Waals surface area contributed by atoms with Crippen LogP contribution in [0, 0.1) is 0 Å². The summed E-state index contributed by atoms with van der Waals surface area (Å²) in [6, 6.07) is 11.5. The van der Waals surface area contributed by atoms with Gasteiger partial charge in [0.15, 0.2) is 5.13 Å². The molecule has 0 spiro atoms. The Morgan fingerprint density at radius 2 is 2.04 bits per heavy atom. The normalized spacial score (nSPS) is 16.8. The van der Waals surface area contributed by atoms with Crippen molar-refractivity contribution in [3.05, 3.63) is 42.0 Å². The van der Waals surface area contributed by atoms with Gasteiger partial charge in [0.25, 0.3) is 5.91 Å². The average Bonchev–Trinajstić information content (AvgIpc) is 3.17. The number of ether oxygens (including phenoxy) is 2. The number of anilines is 1. The summed E-state index contributed by atoms with van der Waals surface area (Å²) in [5.41, 5.74) is 1.42. The number of piperidine rings is 1. The van der Waals surface area contributed by atoms with E-state index in [-0.39, 0.29) is 17.8 Å². The van der Waals surface area contributed by atoms with Crippen molar-refractivity contribution in [2.45, 2.75) is 18.9 Å². The van der Waals surface area contributed by atoms with E-state index in [0.29, 0.717) is 11.4 Å². The number of hydrogen-bond donors (Lipinski definition) is 1. The van der Waals surface area contributed by atoms with Gasteiger partial charge in [0.05, 0.1) is 24.4 Å². The standard InChI is InChI=1S/C20H22N4O3S/c1-26-17-10-9-14(19(23-17)27-2)18(25)21-13-6-5-11-24(12-13)20-22-15-7-3-4-8-16(15)28-20/h3-4,7-10,13H,5-6,11-12H2,1-2H3,(H,21,25)/t13-/m1/s1. The number of pyridine rings is 1. The third-order valence-electron chi connectivity index (χ3n) is 4.79. The van der Waals surface area contributed by atoms with Crippen molar-refractivity contribution >= 4 is 32.6 Å². The van der Waals surface area contributed by atoms with Crippen LogP contribution in [0.15, 0.2) is 36.4 Å². The van der Waals surface area contributed by atoms with Crippen LogP contribution >= 0.6 is 11.3 Å². The first-order valence-electron chi connectivity index (χ1n) is 9.18. The number of fused-ring (bicyclic) bond motifs is 1. The molecule has 1 fully saturated rings. The molecule has 1 aliphatic rings. The van der Waals surface area contributed by atoms with E-state index in [0.717, 1.165) is 36.6 Å². The van der Waals surface area contributed by atoms with Crippen molar-refractivity contribution in [3.63, 3.8) is 0 Å². The number of hydrogen-bond acceptors (Lipinski definition) is 7. The third-order valence-corrected chi connectivity index (χ3v) is 5.89. The minimum absolute atomic E-state index is 0.0417. The van der Waals surface area contributed by atoms with Crippen LogP contribution in [-0.2, 0) is 0 Å². The lowest BCUT2D eigenvalue weighted by molar-refractivity contribution is 0.0929. The topological polar surface area (TPSA) is 76.6 Å². The van der Waals surface area contributed by atoms with Crippen LogP contribution in [0.5, 0.6) is 11.8 Å². The number of thiazole rings is 1. The van der Waals surface area contributed by atoms with E-state index in [1.165, 1.54) is 18.9 Å². The second-order valence-corrected chi connectivity index (χ2v) is 7.64. The molecule has 7 nitrogen and oxygen atoms in total. The first kappa shape index (κ1) is 18.5. The maximum absolute atomic E-state index is 12.8. The average molecular weight is 398 g/mol. The van der Waals surface area contributed by atoms with Gasteiger partial charge in [0.1, 0.15) is 5.56 Å². The van der Waals surface area contributed by atoms with Crippen LogP contribution in [0.4, 0.5) is 5.13 Å². The van der Waals surface area contributed by atoms with Gasteiger partial charge in [0, 0.05) is 25.2 Å². The number of benzene rings is 1. The Kier molecular flexibility index (Phi) is 5.29. The molecule has 146 valence electrons. The number of carbonyl (C=O) groups excluding carboxylic acids is 1. The Hall–Kier alpha value is -2.87. The molecule has 4 rings (SSSR count). The zero-order chi connectivity index (χ0) is 19.5. The summed E-state index contributed by atoms with van der Waals surface area (Å²) < 4.78 is 11.5. The van der Waals surface area contributed by atoms with Crippen molar-refractivity contribution in [1.29, 1.82) is 0 Å². The van der Waals surface area contributed by atoms with Gasteiger partial charge >= 0.3 is 0 Å². The predicted molar refractivity (Wildman–Crippen MR) is 110 cm³/mol. The molecule has 0 saturated carbocycles. The number of nitrogens with one attached hydrogen (secondary N) is 1. The number of aromatic nitrogens is 2. The molecule has 1 amide bonds. The van der Waals surface area contributed by atoms with Gasteiger partial charge in [-0.1, -0.05) is 23.5 Å². The zero-order valence-corrected chi connectivity index (χ0v) is 16.7. The van der Waals surface area contributed by atoms with Gasteiger partial charge in [-0.25, -0.2) is 4.98 Å². The second kappa shape index (κ2) is 8.02. The number of carbonyl (C=O) groups is 1. The predicted octanol–water partition coefficient (Wildman–Crippen LogP) is 3.11. The maximum Gasteiger partial charge on any atom is 0.257 e. The molecule has 0 radical (unpaired) electrons. The molecule has 0 aliphatic carbocycles. The maximum atomic E-state index is 12.8. The molecule has 3 heterocycles. The summed E-state index contributed by atoms with van der Waals surface area (Å²) in [4.78, 5) is 24.0. The molecule has 8 heteroatoms. The number of para-hydroxylation sites is 1. The van der Waals surface area contributed by atoms with E-state index in [9.17, 15) is 4.79 Å². The fraction of sp³-hybridized carbons (Fsp3) is 0.350. The fourth-order valence-electron chi connectivity index (χ4n) is 3.39. The first-order valence-corrected chi connectivity index (χ1v) is 10.00. The second-order valence-electron chi connectivity index (χ2n) is 6.63. The summed E-state index contributed by atoms with van der Waals surface area (Å²) in [5.74, 6) is 0.479. The van der Waals surface area contributed by atoms with Gasteiger partial charge < -0.3 is 19.7 Å². The van der Waals surface area contributed by atoms with Gasteiger partial charge in [-0.2, -0.15) is 4.98 Å². The van der Waals surface area contributed by atoms with Crippen LogP contribution in [0.3, 0.4) is 0 Å². The Balaban J connectivity index is 1.47. The minimum Gasteiger partial charge on any atom is -0.481 e. The van der Waals surface area contributed by atoms with Gasteiger partial charge in [-0.15, -0.1) is 0 Å². The first-order chi connectivity index (χ1) is 13.7. The van der Waals surface area contributed by atoms with E-state index in [1.807, 2.05) is 18.2 Å². The van der Waals surface area contributed by atoms with Crippen LogP contribution in [-0.4, -0.2) is 49.2 Å². The molecule has 0 bridgehead atoms. The van der Waals surface area contributed by atoms with Gasteiger partial charge in [-0.05, 0) is 31.0 Å². The Labute approximate surface area is 167 Å². The fourth-order valence-corrected chi connectivity index (χ4v) is 4.39. The lowest BCUT2D eigenvalue weighted by Gasteiger charge is -2.33. The smallest absolute Gasteiger partial charge is 0.257 e. The SMILES string of the molecule is COc1ccc(C(=O)N[C@@H]2CCCN(c3nc4ccccc4s3)C2)c(OC)n1. The summed E-state index contributed by atoms with van der Waals surface area (Å²) in [6.07, 6.45) is 1.93. The highest BCUT2D eigenvalue weighted by Crippen LogP contribution is 2.30. The molecule has 28 heavy (non-hydrogen) atoms. The summed E-state index contributed by atoms with van der Waals surface area (Å²) >= 11 is 1.69. The molecule has 3 aromatic rings. The summed E-state index contributed by atoms with van der Waals surface area (Å²) in [5, 5.41) is 4.12. The number of nitrogens with zero attached hydrogens (tertiary/aromatic N) is 3. The molecule has 1 saturated heterocycles. The van der Waals surface area contributed by atoms with Gasteiger partial charge in [0.2, 0.25) is 11.8 Å². The van der Waals surface area contributed by atoms with Crippen LogP contribution in [0.1, 0.15) is 23.2 Å². The number of amides is 1. The number of rotatable bonds is 5. The lowest BCUT2D eigenvalue weighted by atomic mass is 10.1. The Morgan fingerprint density at radius 1 is 1.18 bits per heavy atom. The molecule has 1 aromatic carbocycles. The molecule has 0 unspecified atom stereocenters. The largest absolute Gasteiger partial charge is 0.481 e. The zero-order valence-electron chi connectivity index (χ0n) is 15.8. The number of methoxy groups -OCH3 is 2. The van der Waals surface area contributed by atoms with E-state index < -0.39 is 0 Å². The molecular weight excluding hydrogens is 376 g/mol. The molecule has 1 N–H and O–H groups in total. The summed E-state index contributed by atoms with van der Waals surface area (Å²) in [7, 11) is 3.02. The van der Waals surface area contributed by atoms with Crippen molar-refractivity contribution in [2.24, 2.45) is 0 Å². The molecule has 1 atom stereocenters. The Bertz CT molecular complexity index is 957. The third kappa shape index (κ3) is 3.73. The highest BCUT2D eigenvalue weighted by molar-refractivity contribution is 7.22. The van der Waals surface area contributed by atoms with Crippen molar-refractivity contribution < 1.29 is 14.3 Å². The summed E-state index contributed by atoms with van der Waals surface area (Å²) in [6.45, 7) is 1.68. The van der Waals surface area contributed by atoms with E-state index in [4.69, 9.17) is 14.5 Å². The monoisotopic (exact) mass is 398 g/mol. The quantitative estimate of drug-likeness (QED) is 0.712. The van der Waals surface area contributed by atoms with E-state index in [2.05, 4.69) is 21.3 Å². The minimum atomic E-state index is -0.192.